The fraction of sp³-hybridized carbons (Fsp3) is 0.211. The molecule has 0 N–H and O–H groups in total. The number of nitriles is 1. The van der Waals surface area contributed by atoms with Gasteiger partial charge in [0.25, 0.3) is 0 Å². The number of benzene rings is 2. The van der Waals surface area contributed by atoms with Crippen LogP contribution in [-0.2, 0) is 6.54 Å². The summed E-state index contributed by atoms with van der Waals surface area (Å²) in [5.74, 6) is 0. The molecule has 0 aliphatic carbocycles. The van der Waals surface area contributed by atoms with Crippen LogP contribution in [0.2, 0.25) is 0 Å². The third-order valence-corrected chi connectivity index (χ3v) is 4.94. The van der Waals surface area contributed by atoms with Crippen molar-refractivity contribution in [2.45, 2.75) is 27.3 Å². The molecule has 0 saturated carbocycles. The van der Waals surface area contributed by atoms with Crippen molar-refractivity contribution in [1.29, 1.82) is 5.26 Å². The topological polar surface area (TPSA) is 37.0 Å². The molecule has 2 aromatic carbocycles. The molecule has 23 heavy (non-hydrogen) atoms. The number of hydrogen-bond donors (Lipinski definition) is 0. The van der Waals surface area contributed by atoms with E-state index < -0.39 is 0 Å². The standard InChI is InChI=1S/C19H15N4/c1-11-7-14-9-22-10-16-15(8-20)17(21-4)5-6-18(16)23(22)19(14)13(3)12(11)2/h5-7,10H,9H2,1-3H3/q+1. The predicted octanol–water partition coefficient (Wildman–Crippen LogP) is 3.63. The van der Waals surface area contributed by atoms with Crippen molar-refractivity contribution in [2.75, 3.05) is 0 Å². The summed E-state index contributed by atoms with van der Waals surface area (Å²) < 4.78 is 4.32. The summed E-state index contributed by atoms with van der Waals surface area (Å²) in [5, 5.41) is 10.3. The lowest BCUT2D eigenvalue weighted by Gasteiger charge is -2.09. The molecule has 110 valence electrons. The van der Waals surface area contributed by atoms with Gasteiger partial charge in [-0.1, -0.05) is 6.07 Å². The monoisotopic (exact) mass is 299 g/mol. The molecule has 0 amide bonds. The molecule has 0 unspecified atom stereocenters. The van der Waals surface area contributed by atoms with E-state index in [0.29, 0.717) is 11.3 Å². The minimum Gasteiger partial charge on any atom is -0.237 e. The lowest BCUT2D eigenvalue weighted by molar-refractivity contribution is -0.749. The van der Waals surface area contributed by atoms with Gasteiger partial charge in [0, 0.05) is 5.56 Å². The lowest BCUT2D eigenvalue weighted by atomic mass is 9.98. The number of rotatable bonds is 0. The quantitative estimate of drug-likeness (QED) is 0.361. The van der Waals surface area contributed by atoms with Gasteiger partial charge < -0.3 is 0 Å². The van der Waals surface area contributed by atoms with Crippen LogP contribution < -0.4 is 4.68 Å². The van der Waals surface area contributed by atoms with Crippen LogP contribution in [0.1, 0.15) is 27.8 Å². The van der Waals surface area contributed by atoms with Crippen molar-refractivity contribution in [2.24, 2.45) is 0 Å². The third-order valence-electron chi connectivity index (χ3n) is 4.94. The van der Waals surface area contributed by atoms with E-state index in [9.17, 15) is 5.26 Å². The number of fused-ring (bicyclic) bond motifs is 5. The second-order valence-electron chi connectivity index (χ2n) is 6.11. The number of nitrogens with zero attached hydrogens (tertiary/aromatic N) is 4. The summed E-state index contributed by atoms with van der Waals surface area (Å²) in [7, 11) is 0. The van der Waals surface area contributed by atoms with Crippen molar-refractivity contribution in [3.05, 3.63) is 63.6 Å². The molecule has 0 fully saturated rings. The van der Waals surface area contributed by atoms with Crippen molar-refractivity contribution < 1.29 is 4.68 Å². The molecule has 1 aliphatic heterocycles. The van der Waals surface area contributed by atoms with Gasteiger partial charge in [-0.3, -0.25) is 0 Å². The van der Waals surface area contributed by atoms with Crippen LogP contribution in [0.25, 0.3) is 21.4 Å². The molecule has 4 rings (SSSR count). The maximum atomic E-state index is 9.46. The summed E-state index contributed by atoms with van der Waals surface area (Å²) in [6.07, 6.45) is 1.99. The van der Waals surface area contributed by atoms with Crippen LogP contribution in [0, 0.1) is 38.7 Å². The maximum absolute atomic E-state index is 9.46. The van der Waals surface area contributed by atoms with Gasteiger partial charge in [-0.05, 0) is 49.6 Å². The summed E-state index contributed by atoms with van der Waals surface area (Å²) in [6, 6.07) is 8.14. The fourth-order valence-corrected chi connectivity index (χ4v) is 3.58. The van der Waals surface area contributed by atoms with Crippen molar-refractivity contribution in [1.82, 2.24) is 4.68 Å². The predicted molar refractivity (Wildman–Crippen MR) is 87.8 cm³/mol. The minimum absolute atomic E-state index is 0.418. The Labute approximate surface area is 134 Å². The second-order valence-corrected chi connectivity index (χ2v) is 6.11. The number of hydrogen-bond acceptors (Lipinski definition) is 1. The molecule has 0 spiro atoms. The van der Waals surface area contributed by atoms with Crippen LogP contribution >= 0.6 is 0 Å². The molecule has 1 aliphatic rings. The summed E-state index contributed by atoms with van der Waals surface area (Å²) >= 11 is 0. The Morgan fingerprint density at radius 1 is 1.26 bits per heavy atom. The Balaban J connectivity index is 2.13. The smallest absolute Gasteiger partial charge is 0.205 e. The molecule has 3 aromatic rings. The van der Waals surface area contributed by atoms with Gasteiger partial charge in [0.2, 0.25) is 11.9 Å². The van der Waals surface area contributed by atoms with E-state index in [2.05, 4.69) is 47.1 Å². The third kappa shape index (κ3) is 1.61. The van der Waals surface area contributed by atoms with Crippen molar-refractivity contribution >= 4 is 16.6 Å². The van der Waals surface area contributed by atoms with E-state index in [4.69, 9.17) is 6.57 Å². The van der Waals surface area contributed by atoms with Gasteiger partial charge in [0.05, 0.1) is 23.6 Å². The second kappa shape index (κ2) is 4.44. The average Bonchev–Trinajstić information content (AvgIpc) is 3.06. The Morgan fingerprint density at radius 2 is 2.04 bits per heavy atom. The van der Waals surface area contributed by atoms with Crippen molar-refractivity contribution in [3.63, 3.8) is 0 Å². The highest BCUT2D eigenvalue weighted by molar-refractivity contribution is 5.91. The largest absolute Gasteiger partial charge is 0.237 e. The van der Waals surface area contributed by atoms with Gasteiger partial charge in [0.15, 0.2) is 6.54 Å². The molecule has 4 nitrogen and oxygen atoms in total. The van der Waals surface area contributed by atoms with Crippen LogP contribution in [-0.4, -0.2) is 4.68 Å². The zero-order chi connectivity index (χ0) is 16.3. The highest BCUT2D eigenvalue weighted by Crippen LogP contribution is 2.34. The van der Waals surface area contributed by atoms with Crippen LogP contribution in [0.4, 0.5) is 5.69 Å². The Kier molecular flexibility index (Phi) is 2.62. The first-order chi connectivity index (χ1) is 11.1. The van der Waals surface area contributed by atoms with Gasteiger partial charge in [0.1, 0.15) is 11.2 Å². The molecule has 0 radical (unpaired) electrons. The van der Waals surface area contributed by atoms with Gasteiger partial charge in [-0.15, -0.1) is 9.36 Å². The molecule has 2 heterocycles. The molecule has 4 heteroatoms. The molecular weight excluding hydrogens is 284 g/mol. The van der Waals surface area contributed by atoms with E-state index in [-0.39, 0.29) is 0 Å². The first-order valence-corrected chi connectivity index (χ1v) is 7.52. The molecular formula is C19H15N4+. The van der Waals surface area contributed by atoms with E-state index in [1.165, 1.54) is 27.9 Å². The fourth-order valence-electron chi connectivity index (χ4n) is 3.58. The summed E-state index contributed by atoms with van der Waals surface area (Å²) in [5.41, 5.74) is 8.28. The molecule has 0 saturated heterocycles. The number of aryl methyl sites for hydroxylation is 1. The van der Waals surface area contributed by atoms with Gasteiger partial charge >= 0.3 is 0 Å². The lowest BCUT2D eigenvalue weighted by Crippen LogP contribution is -2.36. The van der Waals surface area contributed by atoms with E-state index in [0.717, 1.165) is 17.4 Å². The first kappa shape index (κ1) is 13.5. The van der Waals surface area contributed by atoms with E-state index in [1.54, 1.807) is 6.07 Å². The average molecular weight is 299 g/mol. The minimum atomic E-state index is 0.418. The molecule has 1 aromatic heterocycles. The Bertz CT molecular complexity index is 1090. The van der Waals surface area contributed by atoms with E-state index >= 15 is 0 Å². The van der Waals surface area contributed by atoms with Crippen LogP contribution in [0.3, 0.4) is 0 Å². The Hall–Kier alpha value is -3.11. The number of aromatic nitrogens is 2. The molecule has 0 atom stereocenters. The maximum Gasteiger partial charge on any atom is 0.205 e. The SMILES string of the molecule is [C-]#[N+]c1ccc2c(c[n+]3n2-c2c(cc(C)c(C)c2C)C3)c1C#N. The van der Waals surface area contributed by atoms with Gasteiger partial charge in [-0.25, -0.2) is 4.85 Å². The summed E-state index contributed by atoms with van der Waals surface area (Å²) in [6.45, 7) is 14.5. The first-order valence-electron chi connectivity index (χ1n) is 7.52. The van der Waals surface area contributed by atoms with Crippen LogP contribution in [0.5, 0.6) is 0 Å². The van der Waals surface area contributed by atoms with Gasteiger partial charge in [-0.2, -0.15) is 5.26 Å². The Morgan fingerprint density at radius 3 is 2.74 bits per heavy atom. The van der Waals surface area contributed by atoms with Crippen LogP contribution in [0.15, 0.2) is 24.4 Å². The van der Waals surface area contributed by atoms with Crippen molar-refractivity contribution in [3.8, 4) is 11.8 Å². The van der Waals surface area contributed by atoms with E-state index in [1.807, 2.05) is 12.3 Å². The highest BCUT2D eigenvalue weighted by atomic mass is 15.4. The zero-order valence-electron chi connectivity index (χ0n) is 13.3. The summed E-state index contributed by atoms with van der Waals surface area (Å²) in [4.78, 5) is 3.47. The highest BCUT2D eigenvalue weighted by Gasteiger charge is 2.31. The molecule has 0 bridgehead atoms. The normalized spacial score (nSPS) is 11.9. The zero-order valence-corrected chi connectivity index (χ0v) is 13.3.